The largest absolute Gasteiger partial charge is 0.481 e. The van der Waals surface area contributed by atoms with Crippen LogP contribution >= 0.6 is 0 Å². The minimum atomic E-state index is -0.943. The van der Waals surface area contributed by atoms with Crippen molar-refractivity contribution in [3.8, 4) is 0 Å². The number of benzene rings is 3. The number of fused-ring (bicyclic) bond motifs is 1. The Morgan fingerprint density at radius 3 is 2.52 bits per heavy atom. The van der Waals surface area contributed by atoms with Crippen molar-refractivity contribution in [3.05, 3.63) is 94.8 Å². The van der Waals surface area contributed by atoms with Crippen LogP contribution in [0.15, 0.2) is 71.7 Å². The third kappa shape index (κ3) is 5.15. The minimum Gasteiger partial charge on any atom is -0.481 e. The fourth-order valence-electron chi connectivity index (χ4n) is 4.00. The highest BCUT2D eigenvalue weighted by Gasteiger charge is 2.35. The Hall–Kier alpha value is -3.84. The lowest BCUT2D eigenvalue weighted by Gasteiger charge is -2.15. The van der Waals surface area contributed by atoms with Crippen molar-refractivity contribution in [2.24, 2.45) is 4.99 Å². The molecule has 1 heterocycles. The van der Waals surface area contributed by atoms with E-state index in [9.17, 15) is 19.1 Å². The number of hydrogen-bond donors (Lipinski definition) is 2. The van der Waals surface area contributed by atoms with Crippen molar-refractivity contribution >= 4 is 29.0 Å². The number of carbonyl (C=O) groups is 2. The van der Waals surface area contributed by atoms with Crippen LogP contribution in [0.5, 0.6) is 0 Å². The lowest BCUT2D eigenvalue weighted by atomic mass is 9.89. The number of aliphatic imine (C=N–C) groups is 1. The summed E-state index contributed by atoms with van der Waals surface area (Å²) >= 11 is 0. The number of amides is 1. The zero-order valence-corrected chi connectivity index (χ0v) is 18.4. The van der Waals surface area contributed by atoms with Crippen LogP contribution in [-0.4, -0.2) is 41.7 Å². The van der Waals surface area contributed by atoms with Crippen LogP contribution in [0.25, 0.3) is 0 Å². The van der Waals surface area contributed by atoms with Gasteiger partial charge in [-0.1, -0.05) is 36.4 Å². The summed E-state index contributed by atoms with van der Waals surface area (Å²) < 4.78 is 13.7. The molecule has 0 aromatic heterocycles. The molecular weight excluding hydrogens is 421 g/mol. The summed E-state index contributed by atoms with van der Waals surface area (Å²) in [5.41, 5.74) is 4.57. The van der Waals surface area contributed by atoms with Crippen LogP contribution in [0, 0.1) is 5.82 Å². The van der Waals surface area contributed by atoms with Gasteiger partial charge in [0.1, 0.15) is 11.7 Å². The number of nitrogens with one attached hydrogen (secondary N) is 1. The first kappa shape index (κ1) is 22.4. The molecule has 0 bridgehead atoms. The molecule has 0 spiro atoms. The van der Waals surface area contributed by atoms with Crippen molar-refractivity contribution in [2.75, 3.05) is 19.4 Å². The number of anilines is 1. The van der Waals surface area contributed by atoms with Crippen LogP contribution < -0.4 is 5.32 Å². The van der Waals surface area contributed by atoms with Crippen molar-refractivity contribution in [2.45, 2.75) is 18.9 Å². The molecule has 0 saturated heterocycles. The van der Waals surface area contributed by atoms with Gasteiger partial charge < -0.3 is 15.3 Å². The molecule has 6 nitrogen and oxygen atoms in total. The predicted molar refractivity (Wildman–Crippen MR) is 126 cm³/mol. The Morgan fingerprint density at radius 1 is 1.06 bits per heavy atom. The quantitative estimate of drug-likeness (QED) is 0.529. The van der Waals surface area contributed by atoms with Crippen LogP contribution in [0.2, 0.25) is 0 Å². The number of carbonyl (C=O) groups excluding carboxylic acids is 1. The number of halogens is 1. The molecule has 3 aromatic carbocycles. The smallest absolute Gasteiger partial charge is 0.307 e. The number of hydrogen-bond acceptors (Lipinski definition) is 4. The van der Waals surface area contributed by atoms with Crippen LogP contribution in [-0.2, 0) is 22.6 Å². The second-order valence-electron chi connectivity index (χ2n) is 8.33. The van der Waals surface area contributed by atoms with Gasteiger partial charge in [-0.2, -0.15) is 0 Å². The molecule has 0 radical (unpaired) electrons. The summed E-state index contributed by atoms with van der Waals surface area (Å²) in [5.74, 6) is -2.43. The van der Waals surface area contributed by atoms with Crippen LogP contribution in [0.4, 0.5) is 15.8 Å². The fraction of sp³-hybridized carbons (Fsp3) is 0.192. The van der Waals surface area contributed by atoms with E-state index in [0.29, 0.717) is 33.8 Å². The van der Waals surface area contributed by atoms with Gasteiger partial charge in [0.05, 0.1) is 17.8 Å². The van der Waals surface area contributed by atoms with Gasteiger partial charge in [0.25, 0.3) is 0 Å². The third-order valence-electron chi connectivity index (χ3n) is 5.38. The molecule has 1 atom stereocenters. The average Bonchev–Trinajstić information content (AvgIpc) is 3.07. The first-order chi connectivity index (χ1) is 15.8. The van der Waals surface area contributed by atoms with Gasteiger partial charge in [-0.25, -0.2) is 4.39 Å². The van der Waals surface area contributed by atoms with Crippen LogP contribution in [0.1, 0.15) is 28.2 Å². The Balaban J connectivity index is 1.81. The highest BCUT2D eigenvalue weighted by Crippen LogP contribution is 2.37. The van der Waals surface area contributed by atoms with E-state index in [1.165, 1.54) is 12.1 Å². The highest BCUT2D eigenvalue weighted by atomic mass is 19.1. The lowest BCUT2D eigenvalue weighted by molar-refractivity contribution is -0.136. The lowest BCUT2D eigenvalue weighted by Crippen LogP contribution is -2.22. The highest BCUT2D eigenvalue weighted by molar-refractivity contribution is 6.24. The Kier molecular flexibility index (Phi) is 6.33. The maximum absolute atomic E-state index is 13.7. The van der Waals surface area contributed by atoms with E-state index in [1.54, 1.807) is 30.3 Å². The molecule has 4 rings (SSSR count). The zero-order chi connectivity index (χ0) is 23.5. The minimum absolute atomic E-state index is 0.140. The molecule has 1 unspecified atom stereocenters. The fourth-order valence-corrected chi connectivity index (χ4v) is 4.00. The van der Waals surface area contributed by atoms with E-state index in [1.807, 2.05) is 38.4 Å². The maximum Gasteiger partial charge on any atom is 0.307 e. The first-order valence-electron chi connectivity index (χ1n) is 10.5. The monoisotopic (exact) mass is 445 g/mol. The van der Waals surface area contributed by atoms with Crippen molar-refractivity contribution < 1.29 is 19.1 Å². The summed E-state index contributed by atoms with van der Waals surface area (Å²) in [7, 11) is 3.99. The second kappa shape index (κ2) is 9.34. The summed E-state index contributed by atoms with van der Waals surface area (Å²) in [5, 5.41) is 11.9. The standard InChI is InChI=1S/C26H24FN3O3/c1-30(2)15-16-6-9-20(10-7-16)28-25(18-5-3-4-17(12-18)13-23(31)32)24-21-11-8-19(27)14-22(21)29-26(24)33/h3-12,14,24H,13,15H2,1-2H3,(H,29,33)(H,31,32). The molecule has 7 heteroatoms. The van der Waals surface area contributed by atoms with E-state index in [0.717, 1.165) is 12.1 Å². The summed E-state index contributed by atoms with van der Waals surface area (Å²) in [4.78, 5) is 31.1. The molecule has 0 fully saturated rings. The molecule has 0 saturated carbocycles. The first-order valence-corrected chi connectivity index (χ1v) is 10.5. The van der Waals surface area contributed by atoms with E-state index >= 15 is 0 Å². The number of rotatable bonds is 7. The normalized spacial score (nSPS) is 15.5. The van der Waals surface area contributed by atoms with Gasteiger partial charge >= 0.3 is 5.97 Å². The van der Waals surface area contributed by atoms with Gasteiger partial charge in [-0.3, -0.25) is 14.6 Å². The Morgan fingerprint density at radius 2 is 1.82 bits per heavy atom. The second-order valence-corrected chi connectivity index (χ2v) is 8.33. The van der Waals surface area contributed by atoms with Crippen LogP contribution in [0.3, 0.4) is 0 Å². The van der Waals surface area contributed by atoms with E-state index in [4.69, 9.17) is 4.99 Å². The molecule has 0 aliphatic carbocycles. The van der Waals surface area contributed by atoms with Crippen molar-refractivity contribution in [1.82, 2.24) is 4.90 Å². The molecule has 1 aliphatic rings. The number of carboxylic acid groups (broad SMARTS) is 1. The summed E-state index contributed by atoms with van der Waals surface area (Å²) in [6.45, 7) is 0.790. The predicted octanol–water partition coefficient (Wildman–Crippen LogP) is 4.37. The SMILES string of the molecule is CN(C)Cc1ccc(N=C(c2cccc(CC(=O)O)c2)C2C(=O)Nc3cc(F)ccc32)cc1. The van der Waals surface area contributed by atoms with E-state index in [2.05, 4.69) is 10.2 Å². The molecule has 33 heavy (non-hydrogen) atoms. The molecule has 2 N–H and O–H groups in total. The van der Waals surface area contributed by atoms with Crippen molar-refractivity contribution in [1.29, 1.82) is 0 Å². The zero-order valence-electron chi connectivity index (χ0n) is 18.4. The molecule has 1 amide bonds. The molecule has 168 valence electrons. The number of nitrogens with zero attached hydrogens (tertiary/aromatic N) is 2. The van der Waals surface area contributed by atoms with Gasteiger partial charge in [0.2, 0.25) is 5.91 Å². The Labute approximate surface area is 191 Å². The average molecular weight is 445 g/mol. The number of aliphatic carboxylic acids is 1. The molecule has 3 aromatic rings. The van der Waals surface area contributed by atoms with Gasteiger partial charge in [-0.05, 0) is 66.7 Å². The van der Waals surface area contributed by atoms with E-state index < -0.39 is 17.7 Å². The molecular formula is C26H24FN3O3. The number of carboxylic acids is 1. The summed E-state index contributed by atoms with van der Waals surface area (Å²) in [6.07, 6.45) is -0.140. The van der Waals surface area contributed by atoms with Crippen molar-refractivity contribution in [3.63, 3.8) is 0 Å². The van der Waals surface area contributed by atoms with Gasteiger partial charge in [0.15, 0.2) is 0 Å². The molecule has 1 aliphatic heterocycles. The maximum atomic E-state index is 13.7. The van der Waals surface area contributed by atoms with E-state index in [-0.39, 0.29) is 12.3 Å². The van der Waals surface area contributed by atoms with Gasteiger partial charge in [-0.15, -0.1) is 0 Å². The Bertz CT molecular complexity index is 1240. The summed E-state index contributed by atoms with van der Waals surface area (Å²) in [6, 6.07) is 19.0. The van der Waals surface area contributed by atoms with Gasteiger partial charge in [0, 0.05) is 12.2 Å². The third-order valence-corrected chi connectivity index (χ3v) is 5.38. The topological polar surface area (TPSA) is 82.0 Å².